The summed E-state index contributed by atoms with van der Waals surface area (Å²) in [5.41, 5.74) is 2.72. The van der Waals surface area contributed by atoms with Crippen LogP contribution in [-0.4, -0.2) is 61.1 Å². The van der Waals surface area contributed by atoms with Crippen LogP contribution in [0.2, 0.25) is 0 Å². The third-order valence-corrected chi connectivity index (χ3v) is 7.65. The quantitative estimate of drug-likeness (QED) is 0.557. The van der Waals surface area contributed by atoms with E-state index in [-0.39, 0.29) is 42.7 Å². The first-order chi connectivity index (χ1) is 15.7. The van der Waals surface area contributed by atoms with E-state index < -0.39 is 21.9 Å². The number of carboxylic acids is 1. The topological polar surface area (TPSA) is 142 Å². The van der Waals surface area contributed by atoms with E-state index in [1.54, 1.807) is 13.0 Å². The molecule has 0 aromatic heterocycles. The number of phenols is 1. The molecular formula is C22H24N2O8S. The Balaban J connectivity index is 1.68. The zero-order valence-corrected chi connectivity index (χ0v) is 18.8. The maximum Gasteiger partial charge on any atom is 0.394 e. The zero-order valence-electron chi connectivity index (χ0n) is 18.0. The van der Waals surface area contributed by atoms with Crippen molar-refractivity contribution in [2.24, 2.45) is 0 Å². The van der Waals surface area contributed by atoms with Crippen molar-refractivity contribution in [2.75, 3.05) is 31.6 Å². The lowest BCUT2D eigenvalue weighted by molar-refractivity contribution is -0.147. The number of hydrogen-bond donors (Lipinski definition) is 3. The second-order valence-corrected chi connectivity index (χ2v) is 9.79. The molecule has 2 aromatic rings. The summed E-state index contributed by atoms with van der Waals surface area (Å²) in [5, 5.41) is 21.6. The fraction of sp³-hybridized carbons (Fsp3) is 0.364. The maximum atomic E-state index is 13.0. The Kier molecular flexibility index (Phi) is 6.28. The number of hydrogen-bond acceptors (Lipinski definition) is 7. The molecule has 2 aromatic carbocycles. The van der Waals surface area contributed by atoms with E-state index in [1.807, 2.05) is 0 Å². The highest BCUT2D eigenvalue weighted by atomic mass is 32.2. The second-order valence-electron chi connectivity index (χ2n) is 7.89. The molecular weight excluding hydrogens is 452 g/mol. The number of aryl methyl sites for hydroxylation is 1. The van der Waals surface area contributed by atoms with E-state index in [9.17, 15) is 23.1 Å². The van der Waals surface area contributed by atoms with Gasteiger partial charge in [-0.1, -0.05) is 0 Å². The number of ether oxygens (including phenoxy) is 2. The van der Waals surface area contributed by atoms with Crippen molar-refractivity contribution in [3.63, 3.8) is 0 Å². The van der Waals surface area contributed by atoms with Crippen molar-refractivity contribution in [3.05, 3.63) is 41.0 Å². The van der Waals surface area contributed by atoms with E-state index in [4.69, 9.17) is 14.6 Å². The molecule has 0 bridgehead atoms. The van der Waals surface area contributed by atoms with Crippen LogP contribution in [0.25, 0.3) is 0 Å². The number of carboxylic acid groups (broad SMARTS) is 1. The minimum atomic E-state index is -3.94. The number of nitrogens with zero attached hydrogens (tertiary/aromatic N) is 1. The fourth-order valence-electron chi connectivity index (χ4n) is 4.14. The van der Waals surface area contributed by atoms with Gasteiger partial charge in [0.2, 0.25) is 10.0 Å². The number of amides is 1. The maximum absolute atomic E-state index is 13.0. The van der Waals surface area contributed by atoms with Crippen molar-refractivity contribution in [2.45, 2.75) is 31.1 Å². The van der Waals surface area contributed by atoms with Crippen LogP contribution in [0.1, 0.15) is 23.1 Å². The van der Waals surface area contributed by atoms with Crippen LogP contribution in [0, 0.1) is 6.92 Å². The van der Waals surface area contributed by atoms with Gasteiger partial charge in [-0.05, 0) is 55.5 Å². The average molecular weight is 477 g/mol. The third kappa shape index (κ3) is 4.52. The Morgan fingerprint density at radius 3 is 2.52 bits per heavy atom. The molecule has 0 atom stereocenters. The first kappa shape index (κ1) is 23.0. The highest BCUT2D eigenvalue weighted by Crippen LogP contribution is 2.41. The molecule has 1 amide bonds. The van der Waals surface area contributed by atoms with Crippen molar-refractivity contribution < 1.29 is 37.7 Å². The predicted molar refractivity (Wildman–Crippen MR) is 117 cm³/mol. The molecule has 10 nitrogen and oxygen atoms in total. The van der Waals surface area contributed by atoms with Gasteiger partial charge in [-0.25, -0.2) is 13.2 Å². The molecule has 1 heterocycles. The number of aromatic hydroxyl groups is 1. The van der Waals surface area contributed by atoms with Crippen LogP contribution in [0.4, 0.5) is 5.69 Å². The van der Waals surface area contributed by atoms with Gasteiger partial charge in [0.15, 0.2) is 0 Å². The van der Waals surface area contributed by atoms with E-state index in [0.29, 0.717) is 29.8 Å². The normalized spacial score (nSPS) is 16.3. The predicted octanol–water partition coefficient (Wildman–Crippen LogP) is 2.03. The molecule has 1 fully saturated rings. The molecule has 2 aliphatic rings. The molecule has 0 radical (unpaired) electrons. The van der Waals surface area contributed by atoms with Gasteiger partial charge in [0, 0.05) is 30.4 Å². The van der Waals surface area contributed by atoms with Gasteiger partial charge in [-0.3, -0.25) is 4.79 Å². The smallest absolute Gasteiger partial charge is 0.394 e. The number of aliphatic carboxylic acids is 1. The van der Waals surface area contributed by atoms with Gasteiger partial charge < -0.3 is 25.0 Å². The first-order valence-corrected chi connectivity index (χ1v) is 11.9. The van der Waals surface area contributed by atoms with Gasteiger partial charge in [0.05, 0.1) is 13.2 Å². The van der Waals surface area contributed by atoms with Crippen LogP contribution in [0.5, 0.6) is 17.2 Å². The lowest BCUT2D eigenvalue weighted by Crippen LogP contribution is -2.40. The molecule has 1 aliphatic carbocycles. The summed E-state index contributed by atoms with van der Waals surface area (Å²) in [7, 11) is -3.94. The van der Waals surface area contributed by atoms with Gasteiger partial charge in [0.25, 0.3) is 0 Å². The summed E-state index contributed by atoms with van der Waals surface area (Å²) in [6, 6.07) is 5.70. The number of rotatable bonds is 5. The molecule has 176 valence electrons. The average Bonchev–Trinajstić information content (AvgIpc) is 3.28. The first-order valence-electron chi connectivity index (χ1n) is 10.5. The summed E-state index contributed by atoms with van der Waals surface area (Å²) in [5.74, 6) is -2.30. The molecule has 4 rings (SSSR count). The number of phenolic OH excluding ortho intramolecular Hbond substituents is 1. The molecule has 33 heavy (non-hydrogen) atoms. The van der Waals surface area contributed by atoms with Crippen LogP contribution in [-0.2, 0) is 37.2 Å². The van der Waals surface area contributed by atoms with Gasteiger partial charge >= 0.3 is 11.9 Å². The summed E-state index contributed by atoms with van der Waals surface area (Å²) in [4.78, 5) is 22.3. The number of anilines is 1. The zero-order chi connectivity index (χ0) is 23.8. The fourth-order valence-corrected chi connectivity index (χ4v) is 5.64. The number of morpholine rings is 1. The van der Waals surface area contributed by atoms with Crippen LogP contribution < -0.4 is 10.1 Å². The van der Waals surface area contributed by atoms with Crippen molar-refractivity contribution in [1.82, 2.24) is 4.31 Å². The number of sulfonamides is 1. The minimum Gasteiger partial charge on any atom is -0.507 e. The minimum absolute atomic E-state index is 0.197. The SMILES string of the molecule is Cc1cc(NC(=O)C(=O)O)c2c(c1Oc1ccc(O)c(S(=O)(=O)N3CCOCC3)c1)CCC2. The Hall–Kier alpha value is -3.15. The molecule has 0 spiro atoms. The van der Waals surface area contributed by atoms with E-state index >= 15 is 0 Å². The van der Waals surface area contributed by atoms with Crippen molar-refractivity contribution >= 4 is 27.6 Å². The lowest BCUT2D eigenvalue weighted by Gasteiger charge is -2.26. The van der Waals surface area contributed by atoms with Crippen molar-refractivity contribution in [1.29, 1.82) is 0 Å². The Morgan fingerprint density at radius 1 is 1.12 bits per heavy atom. The summed E-state index contributed by atoms with van der Waals surface area (Å²) < 4.78 is 38.6. The van der Waals surface area contributed by atoms with Crippen LogP contribution >= 0.6 is 0 Å². The van der Waals surface area contributed by atoms with Gasteiger partial charge in [-0.15, -0.1) is 0 Å². The van der Waals surface area contributed by atoms with E-state index in [2.05, 4.69) is 5.32 Å². The summed E-state index contributed by atoms with van der Waals surface area (Å²) in [6.07, 6.45) is 2.12. The molecule has 3 N–H and O–H groups in total. The molecule has 1 saturated heterocycles. The summed E-state index contributed by atoms with van der Waals surface area (Å²) >= 11 is 0. The Morgan fingerprint density at radius 2 is 1.82 bits per heavy atom. The third-order valence-electron chi connectivity index (χ3n) is 5.72. The molecule has 0 saturated carbocycles. The second kappa shape index (κ2) is 9.00. The Bertz CT molecular complexity index is 1220. The number of fused-ring (bicyclic) bond motifs is 1. The molecule has 1 aliphatic heterocycles. The highest BCUT2D eigenvalue weighted by molar-refractivity contribution is 7.89. The molecule has 0 unspecified atom stereocenters. The van der Waals surface area contributed by atoms with Crippen LogP contribution in [0.3, 0.4) is 0 Å². The standard InChI is InChI=1S/C22H24N2O8S/c1-13-11-17(23-21(26)22(27)28)15-3-2-4-16(15)20(13)32-14-5-6-18(25)19(12-14)33(29,30)24-7-9-31-10-8-24/h5-6,11-12,25H,2-4,7-10H2,1H3,(H,23,26)(H,27,28). The van der Waals surface area contributed by atoms with Crippen molar-refractivity contribution in [3.8, 4) is 17.2 Å². The molecule has 11 heteroatoms. The number of carbonyl (C=O) groups is 2. The van der Waals surface area contributed by atoms with Crippen LogP contribution in [0.15, 0.2) is 29.2 Å². The van der Waals surface area contributed by atoms with E-state index in [0.717, 1.165) is 17.5 Å². The van der Waals surface area contributed by atoms with Gasteiger partial charge in [0.1, 0.15) is 22.1 Å². The van der Waals surface area contributed by atoms with E-state index in [1.165, 1.54) is 22.5 Å². The Labute approximate surface area is 190 Å². The number of benzene rings is 2. The monoisotopic (exact) mass is 476 g/mol. The summed E-state index contributed by atoms with van der Waals surface area (Å²) in [6.45, 7) is 2.72. The number of carbonyl (C=O) groups excluding carboxylic acids is 1. The highest BCUT2D eigenvalue weighted by Gasteiger charge is 2.30. The largest absolute Gasteiger partial charge is 0.507 e. The number of nitrogens with one attached hydrogen (secondary N) is 1. The van der Waals surface area contributed by atoms with Gasteiger partial charge in [-0.2, -0.15) is 4.31 Å². The lowest BCUT2D eigenvalue weighted by atomic mass is 10.0.